The minimum atomic E-state index is 0.353. The predicted molar refractivity (Wildman–Crippen MR) is 44.9 cm³/mol. The predicted octanol–water partition coefficient (Wildman–Crippen LogP) is 1.25. The van der Waals surface area contributed by atoms with Gasteiger partial charge >= 0.3 is 0 Å². The number of nitriles is 1. The zero-order chi connectivity index (χ0) is 7.56. The Hall–Kier alpha value is -0.920. The van der Waals surface area contributed by atoms with Crippen LogP contribution >= 0.6 is 23.6 Å². The lowest BCUT2D eigenvalue weighted by Crippen LogP contribution is -2.06. The minimum Gasteiger partial charge on any atom is -0.389 e. The number of thiocarbonyl (C=S) groups is 1. The average molecular weight is 168 g/mol. The summed E-state index contributed by atoms with van der Waals surface area (Å²) in [4.78, 5) is 1.15. The van der Waals surface area contributed by atoms with Crippen LogP contribution in [0.3, 0.4) is 0 Å². The topological polar surface area (TPSA) is 49.8 Å². The molecule has 0 radical (unpaired) electrons. The summed E-state index contributed by atoms with van der Waals surface area (Å²) in [7, 11) is 0. The molecule has 0 unspecified atom stereocenters. The van der Waals surface area contributed by atoms with Crippen molar-refractivity contribution in [2.75, 3.05) is 0 Å². The SMILES string of the molecule is N#Cc1csc(C(N)=S)c1. The first kappa shape index (κ1) is 7.19. The van der Waals surface area contributed by atoms with Crippen LogP contribution in [0.15, 0.2) is 11.4 Å². The summed E-state index contributed by atoms with van der Waals surface area (Å²) in [6, 6.07) is 3.68. The molecule has 0 bridgehead atoms. The highest BCUT2D eigenvalue weighted by atomic mass is 32.1. The maximum atomic E-state index is 8.41. The summed E-state index contributed by atoms with van der Waals surface area (Å²) in [6.07, 6.45) is 0. The van der Waals surface area contributed by atoms with E-state index in [1.165, 1.54) is 11.3 Å². The van der Waals surface area contributed by atoms with Crippen molar-refractivity contribution in [2.45, 2.75) is 0 Å². The Labute approximate surface area is 67.9 Å². The number of hydrogen-bond acceptors (Lipinski definition) is 3. The molecular formula is C6H4N2S2. The molecule has 0 fully saturated rings. The van der Waals surface area contributed by atoms with Gasteiger partial charge in [0.1, 0.15) is 11.1 Å². The van der Waals surface area contributed by atoms with Gasteiger partial charge in [0.2, 0.25) is 0 Å². The van der Waals surface area contributed by atoms with Crippen molar-refractivity contribution in [1.82, 2.24) is 0 Å². The van der Waals surface area contributed by atoms with E-state index in [2.05, 4.69) is 0 Å². The van der Waals surface area contributed by atoms with Gasteiger partial charge in [0, 0.05) is 5.38 Å². The van der Waals surface area contributed by atoms with E-state index in [1.807, 2.05) is 6.07 Å². The van der Waals surface area contributed by atoms with Crippen molar-refractivity contribution in [1.29, 1.82) is 5.26 Å². The molecule has 10 heavy (non-hydrogen) atoms. The van der Waals surface area contributed by atoms with Crippen molar-refractivity contribution in [2.24, 2.45) is 5.73 Å². The fourth-order valence-electron chi connectivity index (χ4n) is 0.524. The average Bonchev–Trinajstić information content (AvgIpc) is 2.34. The Bertz CT molecular complexity index is 295. The van der Waals surface area contributed by atoms with Crippen LogP contribution in [0.25, 0.3) is 0 Å². The third kappa shape index (κ3) is 1.32. The number of rotatable bonds is 1. The first-order chi connectivity index (χ1) is 4.74. The fraction of sp³-hybridized carbons (Fsp3) is 0. The molecule has 2 nitrogen and oxygen atoms in total. The second kappa shape index (κ2) is 2.78. The summed E-state index contributed by atoms with van der Waals surface area (Å²) in [5.41, 5.74) is 5.93. The normalized spacial score (nSPS) is 8.70. The molecule has 4 heteroatoms. The molecule has 1 aromatic heterocycles. The van der Waals surface area contributed by atoms with Crippen molar-refractivity contribution < 1.29 is 0 Å². The number of nitrogens with zero attached hydrogens (tertiary/aromatic N) is 1. The molecule has 0 aliphatic heterocycles. The maximum absolute atomic E-state index is 8.41. The van der Waals surface area contributed by atoms with Gasteiger partial charge in [0.05, 0.1) is 10.4 Å². The van der Waals surface area contributed by atoms with Crippen LogP contribution in [0.5, 0.6) is 0 Å². The molecule has 0 spiro atoms. The standard InChI is InChI=1S/C6H4N2S2/c7-2-4-1-5(6(8)9)10-3-4/h1,3H,(H2,8,9). The molecule has 1 heterocycles. The van der Waals surface area contributed by atoms with Gasteiger partial charge in [0.25, 0.3) is 0 Å². The lowest BCUT2D eigenvalue weighted by atomic mass is 10.3. The highest BCUT2D eigenvalue weighted by molar-refractivity contribution is 7.81. The van der Waals surface area contributed by atoms with E-state index in [9.17, 15) is 0 Å². The Balaban J connectivity index is 3.02. The second-order valence-electron chi connectivity index (χ2n) is 1.68. The van der Waals surface area contributed by atoms with Gasteiger partial charge in [-0.15, -0.1) is 11.3 Å². The largest absolute Gasteiger partial charge is 0.389 e. The summed E-state index contributed by atoms with van der Waals surface area (Å²) in [5.74, 6) is 0. The van der Waals surface area contributed by atoms with Crippen LogP contribution in [-0.4, -0.2) is 4.99 Å². The van der Waals surface area contributed by atoms with Gasteiger partial charge in [-0.05, 0) is 6.07 Å². The van der Waals surface area contributed by atoms with E-state index in [0.29, 0.717) is 10.6 Å². The van der Waals surface area contributed by atoms with Crippen LogP contribution in [0.4, 0.5) is 0 Å². The van der Waals surface area contributed by atoms with Crippen molar-refractivity contribution >= 4 is 28.5 Å². The molecule has 0 aliphatic carbocycles. The van der Waals surface area contributed by atoms with Gasteiger partial charge in [0.15, 0.2) is 0 Å². The highest BCUT2D eigenvalue weighted by Crippen LogP contribution is 2.12. The van der Waals surface area contributed by atoms with Gasteiger partial charge in [-0.1, -0.05) is 12.2 Å². The zero-order valence-corrected chi connectivity index (χ0v) is 6.63. The summed E-state index contributed by atoms with van der Waals surface area (Å²) in [5, 5.41) is 10.1. The van der Waals surface area contributed by atoms with Gasteiger partial charge in [-0.3, -0.25) is 0 Å². The lowest BCUT2D eigenvalue weighted by molar-refractivity contribution is 1.51. The van der Waals surface area contributed by atoms with E-state index in [0.717, 1.165) is 4.88 Å². The van der Waals surface area contributed by atoms with E-state index < -0.39 is 0 Å². The molecule has 0 saturated carbocycles. The molecule has 0 aromatic carbocycles. The van der Waals surface area contributed by atoms with Crippen LogP contribution in [0, 0.1) is 11.3 Å². The quantitative estimate of drug-likeness (QED) is 0.642. The van der Waals surface area contributed by atoms with Crippen molar-refractivity contribution in [3.05, 3.63) is 21.9 Å². The van der Waals surface area contributed by atoms with Crippen LogP contribution < -0.4 is 5.73 Å². The van der Waals surface area contributed by atoms with E-state index >= 15 is 0 Å². The monoisotopic (exact) mass is 168 g/mol. The second-order valence-corrected chi connectivity index (χ2v) is 3.03. The number of hydrogen-bond donors (Lipinski definition) is 1. The molecule has 2 N–H and O–H groups in total. The Kier molecular flexibility index (Phi) is 2.00. The van der Waals surface area contributed by atoms with Crippen molar-refractivity contribution in [3.63, 3.8) is 0 Å². The molecular weight excluding hydrogens is 164 g/mol. The molecule has 0 saturated heterocycles. The maximum Gasteiger partial charge on any atom is 0.114 e. The summed E-state index contributed by atoms with van der Waals surface area (Å²) < 4.78 is 0. The van der Waals surface area contributed by atoms with E-state index in [1.54, 1.807) is 11.4 Å². The number of thiophene rings is 1. The first-order valence-electron chi connectivity index (χ1n) is 2.52. The van der Waals surface area contributed by atoms with E-state index in [4.69, 9.17) is 23.2 Å². The van der Waals surface area contributed by atoms with E-state index in [-0.39, 0.29) is 0 Å². The third-order valence-corrected chi connectivity index (χ3v) is 2.28. The lowest BCUT2D eigenvalue weighted by Gasteiger charge is -1.85. The van der Waals surface area contributed by atoms with Gasteiger partial charge in [-0.25, -0.2) is 0 Å². The van der Waals surface area contributed by atoms with Crippen LogP contribution in [-0.2, 0) is 0 Å². The van der Waals surface area contributed by atoms with Crippen LogP contribution in [0.1, 0.15) is 10.4 Å². The third-order valence-electron chi connectivity index (χ3n) is 0.971. The molecule has 1 aromatic rings. The molecule has 0 aliphatic rings. The highest BCUT2D eigenvalue weighted by Gasteiger charge is 1.99. The Morgan fingerprint density at radius 1 is 1.80 bits per heavy atom. The van der Waals surface area contributed by atoms with Gasteiger partial charge in [-0.2, -0.15) is 5.26 Å². The molecule has 1 rings (SSSR count). The molecule has 50 valence electrons. The Morgan fingerprint density at radius 2 is 2.50 bits per heavy atom. The van der Waals surface area contributed by atoms with Crippen molar-refractivity contribution in [3.8, 4) is 6.07 Å². The summed E-state index contributed by atoms with van der Waals surface area (Å²) in [6.45, 7) is 0. The first-order valence-corrected chi connectivity index (χ1v) is 3.81. The molecule has 0 amide bonds. The molecule has 0 atom stereocenters. The Morgan fingerprint density at radius 3 is 2.80 bits per heavy atom. The smallest absolute Gasteiger partial charge is 0.114 e. The minimum absolute atomic E-state index is 0.353. The zero-order valence-electron chi connectivity index (χ0n) is 5.00. The fourth-order valence-corrected chi connectivity index (χ4v) is 1.41. The van der Waals surface area contributed by atoms with Crippen LogP contribution in [0.2, 0.25) is 0 Å². The summed E-state index contributed by atoms with van der Waals surface area (Å²) >= 11 is 6.10. The van der Waals surface area contributed by atoms with Gasteiger partial charge < -0.3 is 5.73 Å². The number of nitrogens with two attached hydrogens (primary N) is 1.